The van der Waals surface area contributed by atoms with Crippen molar-refractivity contribution < 1.29 is 8.42 Å². The second-order valence-electron chi connectivity index (χ2n) is 4.60. The summed E-state index contributed by atoms with van der Waals surface area (Å²) >= 11 is 5.66. The number of sulfonamides is 1. The van der Waals surface area contributed by atoms with E-state index in [0.29, 0.717) is 19.0 Å². The molecule has 0 spiro atoms. The van der Waals surface area contributed by atoms with Gasteiger partial charge in [-0.25, -0.2) is 8.42 Å². The zero-order valence-corrected chi connectivity index (χ0v) is 11.6. The summed E-state index contributed by atoms with van der Waals surface area (Å²) in [6, 6.07) is 0. The maximum atomic E-state index is 11.9. The lowest BCUT2D eigenvalue weighted by molar-refractivity contribution is 0.197. The van der Waals surface area contributed by atoms with Crippen molar-refractivity contribution in [3.05, 3.63) is 0 Å². The molecule has 0 aromatic carbocycles. The number of piperazine rings is 1. The Hall–Kier alpha value is 0.160. The second kappa shape index (κ2) is 6.19. The van der Waals surface area contributed by atoms with Gasteiger partial charge in [-0.15, -0.1) is 11.6 Å². The van der Waals surface area contributed by atoms with E-state index in [9.17, 15) is 8.42 Å². The van der Waals surface area contributed by atoms with Gasteiger partial charge in [0, 0.05) is 38.6 Å². The average molecular weight is 269 g/mol. The Bertz CT molecular complexity index is 298. The van der Waals surface area contributed by atoms with Crippen LogP contribution in [0.5, 0.6) is 0 Å². The fourth-order valence-electron chi connectivity index (χ4n) is 1.88. The molecule has 1 aliphatic heterocycles. The largest absolute Gasteiger partial charge is 0.300 e. The van der Waals surface area contributed by atoms with Crippen LogP contribution >= 0.6 is 11.6 Å². The number of hydrogen-bond donors (Lipinski definition) is 0. The fraction of sp³-hybridized carbons (Fsp3) is 1.00. The summed E-state index contributed by atoms with van der Waals surface area (Å²) in [7, 11) is -3.05. The van der Waals surface area contributed by atoms with Gasteiger partial charge in [-0.05, 0) is 5.92 Å². The van der Waals surface area contributed by atoms with Crippen molar-refractivity contribution in [1.82, 2.24) is 9.21 Å². The van der Waals surface area contributed by atoms with Crippen LogP contribution in [0.3, 0.4) is 0 Å². The maximum absolute atomic E-state index is 11.9. The van der Waals surface area contributed by atoms with Gasteiger partial charge in [-0.2, -0.15) is 4.31 Å². The van der Waals surface area contributed by atoms with Gasteiger partial charge in [0.25, 0.3) is 0 Å². The maximum Gasteiger partial charge on any atom is 0.214 e. The molecule has 16 heavy (non-hydrogen) atoms. The highest BCUT2D eigenvalue weighted by molar-refractivity contribution is 7.89. The van der Waals surface area contributed by atoms with Crippen LogP contribution in [0.25, 0.3) is 0 Å². The lowest BCUT2D eigenvalue weighted by atomic mass is 10.3. The normalized spacial score (nSPS) is 20.5. The van der Waals surface area contributed by atoms with E-state index in [0.717, 1.165) is 19.6 Å². The van der Waals surface area contributed by atoms with Crippen molar-refractivity contribution >= 4 is 21.6 Å². The first kappa shape index (κ1) is 14.2. The van der Waals surface area contributed by atoms with E-state index in [1.54, 1.807) is 4.31 Å². The lowest BCUT2D eigenvalue weighted by Crippen LogP contribution is -2.49. The molecule has 1 aliphatic rings. The van der Waals surface area contributed by atoms with Gasteiger partial charge < -0.3 is 0 Å². The highest BCUT2D eigenvalue weighted by Crippen LogP contribution is 2.11. The third-order valence-corrected chi connectivity index (χ3v) is 5.08. The molecule has 0 amide bonds. The summed E-state index contributed by atoms with van der Waals surface area (Å²) in [5.74, 6) is 1.05. The Balaban J connectivity index is 2.47. The third kappa shape index (κ3) is 4.20. The zero-order chi connectivity index (χ0) is 12.2. The number of halogens is 1. The highest BCUT2D eigenvalue weighted by Gasteiger charge is 2.26. The number of alkyl halides is 1. The van der Waals surface area contributed by atoms with E-state index in [2.05, 4.69) is 4.90 Å². The standard InChI is InChI=1S/C10H21ClN2O2S/c1-10(2)9-16(14,15)13-7-5-12(4-3-11)6-8-13/h10H,3-9H2,1-2H3. The molecule has 96 valence electrons. The molecule has 0 aliphatic carbocycles. The number of rotatable bonds is 5. The molecule has 1 rings (SSSR count). The van der Waals surface area contributed by atoms with Crippen LogP contribution in [-0.4, -0.2) is 62.0 Å². The predicted octanol–water partition coefficient (Wildman–Crippen LogP) is 0.829. The van der Waals surface area contributed by atoms with E-state index in [1.165, 1.54) is 0 Å². The molecule has 0 saturated carbocycles. The summed E-state index contributed by atoms with van der Waals surface area (Å²) in [5, 5.41) is 0. The molecule has 1 heterocycles. The molecule has 0 radical (unpaired) electrons. The molecular weight excluding hydrogens is 248 g/mol. The highest BCUT2D eigenvalue weighted by atomic mass is 35.5. The van der Waals surface area contributed by atoms with Crippen LogP contribution in [0.2, 0.25) is 0 Å². The molecule has 1 saturated heterocycles. The second-order valence-corrected chi connectivity index (χ2v) is 6.99. The van der Waals surface area contributed by atoms with Gasteiger partial charge in [0.1, 0.15) is 0 Å². The van der Waals surface area contributed by atoms with Crippen LogP contribution in [-0.2, 0) is 10.0 Å². The van der Waals surface area contributed by atoms with Gasteiger partial charge in [-0.3, -0.25) is 4.90 Å². The molecule has 0 N–H and O–H groups in total. The first-order valence-corrected chi connectivity index (χ1v) is 7.86. The van der Waals surface area contributed by atoms with Crippen molar-refractivity contribution in [1.29, 1.82) is 0 Å². The van der Waals surface area contributed by atoms with Gasteiger partial charge in [-0.1, -0.05) is 13.8 Å². The molecule has 0 bridgehead atoms. The lowest BCUT2D eigenvalue weighted by Gasteiger charge is -2.33. The first-order chi connectivity index (χ1) is 7.45. The summed E-state index contributed by atoms with van der Waals surface area (Å²) in [5.41, 5.74) is 0. The average Bonchev–Trinajstić information content (AvgIpc) is 2.17. The van der Waals surface area contributed by atoms with E-state index in [1.807, 2.05) is 13.8 Å². The topological polar surface area (TPSA) is 40.6 Å². The van der Waals surface area contributed by atoms with E-state index >= 15 is 0 Å². The Kier molecular flexibility index (Phi) is 5.50. The minimum Gasteiger partial charge on any atom is -0.300 e. The van der Waals surface area contributed by atoms with Crippen molar-refractivity contribution in [2.45, 2.75) is 13.8 Å². The SMILES string of the molecule is CC(C)CS(=O)(=O)N1CCN(CCCl)CC1. The number of hydrogen-bond acceptors (Lipinski definition) is 3. The van der Waals surface area contributed by atoms with Crippen LogP contribution < -0.4 is 0 Å². The number of nitrogens with zero attached hydrogens (tertiary/aromatic N) is 2. The van der Waals surface area contributed by atoms with Crippen molar-refractivity contribution in [2.75, 3.05) is 44.4 Å². The van der Waals surface area contributed by atoms with Crippen molar-refractivity contribution in [2.24, 2.45) is 5.92 Å². The van der Waals surface area contributed by atoms with Crippen LogP contribution in [0.15, 0.2) is 0 Å². The van der Waals surface area contributed by atoms with E-state index < -0.39 is 10.0 Å². The smallest absolute Gasteiger partial charge is 0.214 e. The third-order valence-electron chi connectivity index (χ3n) is 2.67. The van der Waals surface area contributed by atoms with Gasteiger partial charge in [0.15, 0.2) is 0 Å². The molecule has 4 nitrogen and oxygen atoms in total. The van der Waals surface area contributed by atoms with Gasteiger partial charge in [0.2, 0.25) is 10.0 Å². The van der Waals surface area contributed by atoms with Gasteiger partial charge >= 0.3 is 0 Å². The van der Waals surface area contributed by atoms with Crippen molar-refractivity contribution in [3.8, 4) is 0 Å². The Morgan fingerprint density at radius 1 is 1.19 bits per heavy atom. The zero-order valence-electron chi connectivity index (χ0n) is 10.0. The minimum atomic E-state index is -3.05. The Morgan fingerprint density at radius 2 is 1.75 bits per heavy atom. The monoisotopic (exact) mass is 268 g/mol. The van der Waals surface area contributed by atoms with Crippen LogP contribution in [0.4, 0.5) is 0 Å². The summed E-state index contributed by atoms with van der Waals surface area (Å²) in [4.78, 5) is 2.20. The van der Waals surface area contributed by atoms with E-state index in [4.69, 9.17) is 11.6 Å². The molecule has 0 aromatic rings. The van der Waals surface area contributed by atoms with Gasteiger partial charge in [0.05, 0.1) is 5.75 Å². The Morgan fingerprint density at radius 3 is 2.19 bits per heavy atom. The van der Waals surface area contributed by atoms with Crippen LogP contribution in [0.1, 0.15) is 13.8 Å². The minimum absolute atomic E-state index is 0.186. The van der Waals surface area contributed by atoms with Crippen LogP contribution in [0, 0.1) is 5.92 Å². The van der Waals surface area contributed by atoms with Crippen molar-refractivity contribution in [3.63, 3.8) is 0 Å². The molecule has 0 unspecified atom stereocenters. The summed E-state index contributed by atoms with van der Waals surface area (Å²) in [6.45, 7) is 7.51. The molecule has 6 heteroatoms. The molecular formula is C10H21ClN2O2S. The van der Waals surface area contributed by atoms with E-state index in [-0.39, 0.29) is 11.7 Å². The summed E-state index contributed by atoms with van der Waals surface area (Å²) in [6.07, 6.45) is 0. The first-order valence-electron chi connectivity index (χ1n) is 5.72. The fourth-order valence-corrected chi connectivity index (χ4v) is 3.89. The Labute approximate surface area is 104 Å². The predicted molar refractivity (Wildman–Crippen MR) is 67.4 cm³/mol. The summed E-state index contributed by atoms with van der Waals surface area (Å²) < 4.78 is 25.5. The molecule has 0 aromatic heterocycles. The molecule has 1 fully saturated rings. The molecule has 0 atom stereocenters. The quantitative estimate of drug-likeness (QED) is 0.694.